The molecule has 2 saturated heterocycles. The van der Waals surface area contributed by atoms with Crippen LogP contribution in [0.4, 0.5) is 0 Å². The third-order valence-corrected chi connectivity index (χ3v) is 8.98. The fourth-order valence-corrected chi connectivity index (χ4v) is 6.51. The Balaban J connectivity index is 1.76. The minimum Gasteiger partial charge on any atom is -0.391 e. The Bertz CT molecular complexity index is 880. The van der Waals surface area contributed by atoms with E-state index in [4.69, 9.17) is 9.47 Å². The van der Waals surface area contributed by atoms with Gasteiger partial charge in [0.25, 0.3) is 0 Å². The average molecular weight is 557 g/mol. The summed E-state index contributed by atoms with van der Waals surface area (Å²) in [4.78, 5) is 13.5. The standard InChI is InChI=1S/C27H44N2O8S/c1-5-9-18-12-19(29(3)13-18)26(35)28-21(16(2)30)24-22(32)23(33)25(34)27(37-24,38-4)20(31)15-36-14-17-10-7-6-8-11-17/h6-8,10-11,16,18-25,30-34H,5,9,12-15H2,1-4H3,(H,28,35)/t16-,18-,19+,20+,21-,22-,23+,24-,25-,27-/m1/s1. The van der Waals surface area contributed by atoms with Crippen LogP contribution in [0.2, 0.25) is 0 Å². The van der Waals surface area contributed by atoms with Crippen molar-refractivity contribution in [2.24, 2.45) is 5.92 Å². The predicted molar refractivity (Wildman–Crippen MR) is 144 cm³/mol. The molecule has 0 saturated carbocycles. The van der Waals surface area contributed by atoms with E-state index < -0.39 is 53.6 Å². The summed E-state index contributed by atoms with van der Waals surface area (Å²) < 4.78 is 11.8. The first kappa shape index (κ1) is 31.3. The van der Waals surface area contributed by atoms with E-state index in [0.29, 0.717) is 12.3 Å². The Kier molecular flexibility index (Phi) is 11.4. The van der Waals surface area contributed by atoms with Crippen LogP contribution in [0, 0.1) is 5.92 Å². The molecule has 6 N–H and O–H groups in total. The summed E-state index contributed by atoms with van der Waals surface area (Å²) in [6.45, 7) is 4.35. The number of benzene rings is 1. The van der Waals surface area contributed by atoms with Crippen molar-refractivity contribution in [3.8, 4) is 0 Å². The van der Waals surface area contributed by atoms with Crippen molar-refractivity contribution in [3.63, 3.8) is 0 Å². The number of aliphatic hydroxyl groups is 5. The molecule has 11 heteroatoms. The Morgan fingerprint density at radius 3 is 2.53 bits per heavy atom. The van der Waals surface area contributed by atoms with E-state index in [0.717, 1.165) is 36.7 Å². The van der Waals surface area contributed by atoms with Crippen LogP contribution in [-0.4, -0.2) is 116 Å². The van der Waals surface area contributed by atoms with Crippen LogP contribution in [0.3, 0.4) is 0 Å². The van der Waals surface area contributed by atoms with E-state index in [2.05, 4.69) is 12.2 Å². The average Bonchev–Trinajstić information content (AvgIpc) is 3.27. The number of ether oxygens (including phenoxy) is 2. The largest absolute Gasteiger partial charge is 0.391 e. The summed E-state index contributed by atoms with van der Waals surface area (Å²) >= 11 is 0.969. The van der Waals surface area contributed by atoms with Gasteiger partial charge in [-0.25, -0.2) is 0 Å². The number of thioether (sulfide) groups is 1. The quantitative estimate of drug-likeness (QED) is 0.209. The smallest absolute Gasteiger partial charge is 0.237 e. The summed E-state index contributed by atoms with van der Waals surface area (Å²) in [6.07, 6.45) is -4.54. The highest BCUT2D eigenvalue weighted by atomic mass is 32.2. The summed E-state index contributed by atoms with van der Waals surface area (Å²) in [5.41, 5.74) is 0.895. The van der Waals surface area contributed by atoms with Gasteiger partial charge in [-0.1, -0.05) is 43.7 Å². The first-order valence-electron chi connectivity index (χ1n) is 13.3. The zero-order valence-corrected chi connectivity index (χ0v) is 23.5. The molecule has 10 atom stereocenters. The van der Waals surface area contributed by atoms with E-state index in [1.165, 1.54) is 6.92 Å². The maximum Gasteiger partial charge on any atom is 0.237 e. The normalized spacial score (nSPS) is 34.6. The topological polar surface area (TPSA) is 152 Å². The molecule has 1 amide bonds. The molecule has 216 valence electrons. The molecule has 3 rings (SSSR count). The second-order valence-electron chi connectivity index (χ2n) is 10.6. The predicted octanol–water partition coefficient (Wildman–Crippen LogP) is 0.0909. The first-order chi connectivity index (χ1) is 18.0. The second-order valence-corrected chi connectivity index (χ2v) is 11.6. The zero-order valence-electron chi connectivity index (χ0n) is 22.6. The van der Waals surface area contributed by atoms with E-state index >= 15 is 0 Å². The molecule has 0 radical (unpaired) electrons. The van der Waals surface area contributed by atoms with E-state index in [1.54, 1.807) is 6.26 Å². The van der Waals surface area contributed by atoms with Gasteiger partial charge in [0, 0.05) is 6.54 Å². The van der Waals surface area contributed by atoms with Crippen molar-refractivity contribution in [1.82, 2.24) is 10.2 Å². The molecule has 10 nitrogen and oxygen atoms in total. The Labute approximate surface area is 229 Å². The van der Waals surface area contributed by atoms with Crippen LogP contribution in [-0.2, 0) is 20.9 Å². The monoisotopic (exact) mass is 556 g/mol. The molecule has 38 heavy (non-hydrogen) atoms. The number of nitrogens with zero attached hydrogens (tertiary/aromatic N) is 1. The maximum absolute atomic E-state index is 13.3. The number of likely N-dealkylation sites (tertiary alicyclic amines) is 1. The van der Waals surface area contributed by atoms with Crippen LogP contribution in [0.15, 0.2) is 30.3 Å². The molecule has 0 aromatic heterocycles. The van der Waals surface area contributed by atoms with E-state index in [-0.39, 0.29) is 19.1 Å². The highest BCUT2D eigenvalue weighted by Gasteiger charge is 2.59. The number of aliphatic hydroxyl groups excluding tert-OH is 5. The highest BCUT2D eigenvalue weighted by Crippen LogP contribution is 2.42. The molecule has 1 aromatic carbocycles. The lowest BCUT2D eigenvalue weighted by atomic mass is 9.87. The summed E-state index contributed by atoms with van der Waals surface area (Å²) in [7, 11) is 1.88. The maximum atomic E-state index is 13.3. The molecule has 2 aliphatic heterocycles. The van der Waals surface area contributed by atoms with Crippen LogP contribution in [0.25, 0.3) is 0 Å². The van der Waals surface area contributed by atoms with Crippen LogP contribution in [0.5, 0.6) is 0 Å². The number of nitrogens with one attached hydrogen (secondary N) is 1. The van der Waals surface area contributed by atoms with E-state index in [1.807, 2.05) is 42.3 Å². The van der Waals surface area contributed by atoms with Crippen molar-refractivity contribution < 1.29 is 39.8 Å². The van der Waals surface area contributed by atoms with Gasteiger partial charge in [-0.3, -0.25) is 9.69 Å². The molecule has 0 bridgehead atoms. The van der Waals surface area contributed by atoms with E-state index in [9.17, 15) is 30.3 Å². The van der Waals surface area contributed by atoms with Gasteiger partial charge in [-0.15, -0.1) is 11.8 Å². The van der Waals surface area contributed by atoms with Gasteiger partial charge in [0.1, 0.15) is 30.5 Å². The molecule has 1 aromatic rings. The minimum absolute atomic E-state index is 0.216. The zero-order chi connectivity index (χ0) is 28.0. The molecular formula is C27H44N2O8S. The third-order valence-electron chi connectivity index (χ3n) is 7.73. The molecule has 0 spiro atoms. The number of hydrogen-bond donors (Lipinski definition) is 6. The van der Waals surface area contributed by atoms with Gasteiger partial charge in [0.15, 0.2) is 4.93 Å². The van der Waals surface area contributed by atoms with Crippen molar-refractivity contribution >= 4 is 17.7 Å². The molecule has 2 aliphatic rings. The number of carbonyl (C=O) groups excluding carboxylic acids is 1. The summed E-state index contributed by atoms with van der Waals surface area (Å²) in [5.74, 6) is 0.0873. The van der Waals surface area contributed by atoms with Crippen LogP contribution >= 0.6 is 11.8 Å². The Morgan fingerprint density at radius 1 is 1.24 bits per heavy atom. The van der Waals surface area contributed by atoms with Crippen molar-refractivity contribution in [2.45, 2.75) is 93.4 Å². The lowest BCUT2D eigenvalue weighted by Gasteiger charge is -2.52. The number of likely N-dealkylation sites (N-methyl/N-ethyl adjacent to an activating group) is 1. The first-order valence-corrected chi connectivity index (χ1v) is 14.5. The fraction of sp³-hybridized carbons (Fsp3) is 0.741. The number of hydrogen-bond acceptors (Lipinski definition) is 10. The molecule has 2 fully saturated rings. The molecular weight excluding hydrogens is 512 g/mol. The Hall–Kier alpha value is -1.28. The summed E-state index contributed by atoms with van der Waals surface area (Å²) in [5, 5.41) is 57.1. The van der Waals surface area contributed by atoms with Gasteiger partial charge in [-0.2, -0.15) is 0 Å². The number of carbonyl (C=O) groups is 1. The minimum atomic E-state index is -1.78. The van der Waals surface area contributed by atoms with Crippen molar-refractivity contribution in [1.29, 1.82) is 0 Å². The molecule has 0 unspecified atom stereocenters. The van der Waals surface area contributed by atoms with Gasteiger partial charge in [0.05, 0.1) is 31.4 Å². The van der Waals surface area contributed by atoms with Gasteiger partial charge >= 0.3 is 0 Å². The molecule has 2 heterocycles. The second kappa shape index (κ2) is 13.9. The van der Waals surface area contributed by atoms with Crippen molar-refractivity contribution in [2.75, 3.05) is 26.5 Å². The lowest BCUT2D eigenvalue weighted by Crippen LogP contribution is -2.72. The highest BCUT2D eigenvalue weighted by molar-refractivity contribution is 7.99. The van der Waals surface area contributed by atoms with Gasteiger partial charge < -0.3 is 40.3 Å². The van der Waals surface area contributed by atoms with Crippen LogP contribution < -0.4 is 5.32 Å². The van der Waals surface area contributed by atoms with Gasteiger partial charge in [0.2, 0.25) is 5.91 Å². The van der Waals surface area contributed by atoms with Gasteiger partial charge in [-0.05, 0) is 44.6 Å². The number of amides is 1. The van der Waals surface area contributed by atoms with Crippen molar-refractivity contribution in [3.05, 3.63) is 35.9 Å². The fourth-order valence-electron chi connectivity index (χ4n) is 5.58. The molecule has 0 aliphatic carbocycles. The SMILES string of the molecule is CCC[C@@H]1C[C@@H](C(=O)N[C@@H]([C@H]2O[C@@](SC)([C@@H](O)COCc3ccccc3)[C@H](O)[C@@H](O)[C@H]2O)[C@@H](C)O)N(C)C1. The lowest BCUT2D eigenvalue weighted by molar-refractivity contribution is -0.271. The van der Waals surface area contributed by atoms with Crippen LogP contribution in [0.1, 0.15) is 38.7 Å². The Morgan fingerprint density at radius 2 is 1.92 bits per heavy atom. The number of rotatable bonds is 12. The third kappa shape index (κ3) is 6.89. The summed E-state index contributed by atoms with van der Waals surface area (Å²) in [6, 6.07) is 7.86.